The van der Waals surface area contributed by atoms with E-state index in [0.717, 1.165) is 18.7 Å². The number of aliphatic hydroxyl groups is 1. The highest BCUT2D eigenvalue weighted by Crippen LogP contribution is 2.07. The second kappa shape index (κ2) is 7.52. The van der Waals surface area contributed by atoms with E-state index >= 15 is 0 Å². The van der Waals surface area contributed by atoms with Gasteiger partial charge in [0.05, 0.1) is 6.61 Å². The van der Waals surface area contributed by atoms with Crippen molar-refractivity contribution in [2.45, 2.75) is 33.0 Å². The van der Waals surface area contributed by atoms with E-state index in [1.165, 1.54) is 5.56 Å². The molecule has 0 bridgehead atoms. The molecule has 0 saturated carbocycles. The van der Waals surface area contributed by atoms with Crippen LogP contribution in [0.25, 0.3) is 0 Å². The maximum atomic E-state index is 9.00. The zero-order chi connectivity index (χ0) is 13.5. The predicted octanol–water partition coefficient (Wildman–Crippen LogP) is 1.85. The molecule has 1 rings (SSSR count). The molecule has 0 radical (unpaired) electrons. The zero-order valence-corrected chi connectivity index (χ0v) is 12.0. The Hall–Kier alpha value is -0.900. The van der Waals surface area contributed by atoms with Crippen LogP contribution in [0.4, 0.5) is 0 Å². The molecule has 0 heterocycles. The fraction of sp³-hybridized carbons (Fsp3) is 0.600. The summed E-state index contributed by atoms with van der Waals surface area (Å²) < 4.78 is 0. The number of likely N-dealkylation sites (N-methyl/N-ethyl adjacent to an activating group) is 1. The molecule has 0 saturated heterocycles. The summed E-state index contributed by atoms with van der Waals surface area (Å²) in [6, 6.07) is 8.61. The number of rotatable bonds is 7. The number of nitrogens with zero attached hydrogens (tertiary/aromatic N) is 1. The van der Waals surface area contributed by atoms with Gasteiger partial charge < -0.3 is 15.3 Å². The van der Waals surface area contributed by atoms with Crippen molar-refractivity contribution < 1.29 is 5.11 Å². The zero-order valence-electron chi connectivity index (χ0n) is 12.0. The van der Waals surface area contributed by atoms with Crippen LogP contribution in [-0.4, -0.2) is 36.7 Å². The first kappa shape index (κ1) is 15.2. The first-order valence-corrected chi connectivity index (χ1v) is 6.59. The van der Waals surface area contributed by atoms with Crippen molar-refractivity contribution >= 4 is 0 Å². The lowest BCUT2D eigenvalue weighted by Gasteiger charge is -2.25. The van der Waals surface area contributed by atoms with Gasteiger partial charge in [0.1, 0.15) is 0 Å². The van der Waals surface area contributed by atoms with Gasteiger partial charge in [-0.25, -0.2) is 0 Å². The molecular formula is C15H26N2O. The van der Waals surface area contributed by atoms with Gasteiger partial charge in [-0.15, -0.1) is 0 Å². The fourth-order valence-corrected chi connectivity index (χ4v) is 1.92. The number of hydrogen-bond donors (Lipinski definition) is 2. The number of aliphatic hydroxyl groups excluding tert-OH is 1. The van der Waals surface area contributed by atoms with E-state index in [4.69, 9.17) is 5.11 Å². The Kier molecular flexibility index (Phi) is 6.33. The van der Waals surface area contributed by atoms with E-state index in [-0.39, 0.29) is 6.61 Å². The van der Waals surface area contributed by atoms with E-state index in [9.17, 15) is 0 Å². The molecule has 102 valence electrons. The molecular weight excluding hydrogens is 224 g/mol. The number of nitrogens with one attached hydrogen (secondary N) is 1. The maximum absolute atomic E-state index is 9.00. The van der Waals surface area contributed by atoms with Gasteiger partial charge in [0.25, 0.3) is 0 Å². The van der Waals surface area contributed by atoms with Crippen molar-refractivity contribution in [1.82, 2.24) is 10.2 Å². The van der Waals surface area contributed by atoms with Gasteiger partial charge in [-0.05, 0) is 31.1 Å². The Labute approximate surface area is 111 Å². The van der Waals surface area contributed by atoms with Crippen molar-refractivity contribution in [2.24, 2.45) is 5.92 Å². The normalized spacial score (nSPS) is 13.3. The Balaban J connectivity index is 2.50. The van der Waals surface area contributed by atoms with Crippen molar-refractivity contribution in [1.29, 1.82) is 0 Å². The van der Waals surface area contributed by atoms with Crippen LogP contribution in [0.2, 0.25) is 0 Å². The summed E-state index contributed by atoms with van der Waals surface area (Å²) in [5, 5.41) is 12.6. The van der Waals surface area contributed by atoms with Gasteiger partial charge in [0, 0.05) is 19.1 Å². The molecule has 1 unspecified atom stereocenters. The summed E-state index contributed by atoms with van der Waals surface area (Å²) in [6.45, 7) is 6.53. The van der Waals surface area contributed by atoms with Crippen molar-refractivity contribution in [3.63, 3.8) is 0 Å². The van der Waals surface area contributed by atoms with Crippen LogP contribution in [0.15, 0.2) is 24.3 Å². The predicted molar refractivity (Wildman–Crippen MR) is 76.4 cm³/mol. The molecule has 1 atom stereocenters. The molecule has 18 heavy (non-hydrogen) atoms. The molecule has 1 aromatic carbocycles. The summed E-state index contributed by atoms with van der Waals surface area (Å²) in [6.07, 6.45) is 0. The molecule has 0 aromatic heterocycles. The van der Waals surface area contributed by atoms with Crippen LogP contribution in [0.3, 0.4) is 0 Å². The summed E-state index contributed by atoms with van der Waals surface area (Å²) in [7, 11) is 4.21. The third-order valence-corrected chi connectivity index (χ3v) is 3.14. The van der Waals surface area contributed by atoms with E-state index in [0.29, 0.717) is 12.0 Å². The van der Waals surface area contributed by atoms with Crippen LogP contribution in [0.1, 0.15) is 25.0 Å². The third kappa shape index (κ3) is 5.17. The van der Waals surface area contributed by atoms with Gasteiger partial charge in [-0.2, -0.15) is 0 Å². The second-order valence-electron chi connectivity index (χ2n) is 5.47. The average Bonchev–Trinajstić information content (AvgIpc) is 2.34. The smallest absolute Gasteiger partial charge is 0.0681 e. The van der Waals surface area contributed by atoms with Crippen molar-refractivity contribution in [2.75, 3.05) is 20.6 Å². The quantitative estimate of drug-likeness (QED) is 0.775. The van der Waals surface area contributed by atoms with Gasteiger partial charge in [-0.1, -0.05) is 38.1 Å². The van der Waals surface area contributed by atoms with Crippen LogP contribution < -0.4 is 5.32 Å². The first-order chi connectivity index (χ1) is 8.52. The summed E-state index contributed by atoms with van der Waals surface area (Å²) in [4.78, 5) is 2.21. The van der Waals surface area contributed by atoms with Crippen molar-refractivity contribution in [3.05, 3.63) is 35.4 Å². The van der Waals surface area contributed by atoms with Gasteiger partial charge in [-0.3, -0.25) is 0 Å². The minimum Gasteiger partial charge on any atom is -0.392 e. The Morgan fingerprint density at radius 1 is 1.11 bits per heavy atom. The molecule has 0 fully saturated rings. The highest BCUT2D eigenvalue weighted by atomic mass is 16.3. The van der Waals surface area contributed by atoms with Gasteiger partial charge in [0.15, 0.2) is 0 Å². The molecule has 0 amide bonds. The molecule has 3 nitrogen and oxygen atoms in total. The lowest BCUT2D eigenvalue weighted by atomic mass is 10.0. The molecule has 0 aliphatic rings. The minimum atomic E-state index is 0.114. The molecule has 1 aromatic rings. The van der Waals surface area contributed by atoms with Gasteiger partial charge in [0.2, 0.25) is 0 Å². The average molecular weight is 250 g/mol. The van der Waals surface area contributed by atoms with Crippen LogP contribution in [0.5, 0.6) is 0 Å². The maximum Gasteiger partial charge on any atom is 0.0681 e. The van der Waals surface area contributed by atoms with E-state index in [2.05, 4.69) is 50.3 Å². The largest absolute Gasteiger partial charge is 0.392 e. The number of hydrogen-bond acceptors (Lipinski definition) is 3. The molecule has 0 spiro atoms. The lowest BCUT2D eigenvalue weighted by Crippen LogP contribution is -2.41. The summed E-state index contributed by atoms with van der Waals surface area (Å²) >= 11 is 0. The SMILES string of the molecule is CC(C)C(CN(C)C)NCc1ccc(CO)cc1. The van der Waals surface area contributed by atoms with Crippen LogP contribution in [-0.2, 0) is 13.2 Å². The second-order valence-corrected chi connectivity index (χ2v) is 5.47. The van der Waals surface area contributed by atoms with Crippen LogP contribution in [0, 0.1) is 5.92 Å². The monoisotopic (exact) mass is 250 g/mol. The Morgan fingerprint density at radius 2 is 1.67 bits per heavy atom. The van der Waals surface area contributed by atoms with E-state index in [1.807, 2.05) is 12.1 Å². The van der Waals surface area contributed by atoms with E-state index < -0.39 is 0 Å². The Bertz CT molecular complexity index is 333. The molecule has 2 N–H and O–H groups in total. The highest BCUT2D eigenvalue weighted by Gasteiger charge is 2.13. The minimum absolute atomic E-state index is 0.114. The third-order valence-electron chi connectivity index (χ3n) is 3.14. The summed E-state index contributed by atoms with van der Waals surface area (Å²) in [5.74, 6) is 0.615. The molecule has 0 aliphatic carbocycles. The standard InChI is InChI=1S/C15H26N2O/c1-12(2)15(10-17(3)4)16-9-13-5-7-14(11-18)8-6-13/h5-8,12,15-16,18H,9-11H2,1-4H3. The topological polar surface area (TPSA) is 35.5 Å². The number of benzene rings is 1. The van der Waals surface area contributed by atoms with E-state index in [1.54, 1.807) is 0 Å². The summed E-state index contributed by atoms with van der Waals surface area (Å²) in [5.41, 5.74) is 2.23. The first-order valence-electron chi connectivity index (χ1n) is 6.59. The highest BCUT2D eigenvalue weighted by molar-refractivity contribution is 5.21. The lowest BCUT2D eigenvalue weighted by molar-refractivity contribution is 0.281. The Morgan fingerprint density at radius 3 is 2.11 bits per heavy atom. The fourth-order valence-electron chi connectivity index (χ4n) is 1.92. The molecule has 0 aliphatic heterocycles. The van der Waals surface area contributed by atoms with Gasteiger partial charge >= 0.3 is 0 Å². The van der Waals surface area contributed by atoms with Crippen molar-refractivity contribution in [3.8, 4) is 0 Å². The molecule has 3 heteroatoms. The van der Waals surface area contributed by atoms with Crippen LogP contribution >= 0.6 is 0 Å².